The quantitative estimate of drug-likeness (QED) is 0.283. The van der Waals surface area contributed by atoms with Gasteiger partial charge in [-0.25, -0.2) is 12.8 Å². The van der Waals surface area contributed by atoms with Gasteiger partial charge in [0.25, 0.3) is 0 Å². The lowest BCUT2D eigenvalue weighted by Gasteiger charge is -2.32. The molecular weight excluding hydrogens is 545 g/mol. The Labute approximate surface area is 242 Å². The van der Waals surface area contributed by atoms with Gasteiger partial charge in [-0.2, -0.15) is 0 Å². The summed E-state index contributed by atoms with van der Waals surface area (Å²) < 4.78 is 45.3. The monoisotopic (exact) mass is 583 g/mol. The fraction of sp³-hybridized carbons (Fsp3) is 0.355. The Bertz CT molecular complexity index is 1380. The van der Waals surface area contributed by atoms with Crippen LogP contribution in [0.15, 0.2) is 78.9 Å². The summed E-state index contributed by atoms with van der Waals surface area (Å²) in [5.74, 6) is -0.465. The molecule has 0 spiro atoms. The lowest BCUT2D eigenvalue weighted by Crippen LogP contribution is -2.50. The number of carbonyl (C=O) groups excluding carboxylic acids is 2. The topological polar surface area (TPSA) is 96.0 Å². The molecule has 0 radical (unpaired) electrons. The number of anilines is 1. The lowest BCUT2D eigenvalue weighted by molar-refractivity contribution is -0.141. The predicted octanol–water partition coefficient (Wildman–Crippen LogP) is 4.55. The molecule has 8 nitrogen and oxygen atoms in total. The van der Waals surface area contributed by atoms with Crippen molar-refractivity contribution in [2.45, 2.75) is 45.2 Å². The molecule has 3 rings (SSSR count). The molecule has 41 heavy (non-hydrogen) atoms. The summed E-state index contributed by atoms with van der Waals surface area (Å²) in [5, 5.41) is 2.92. The number of amides is 2. The lowest BCUT2D eigenvalue weighted by atomic mass is 10.0. The maximum absolute atomic E-state index is 13.8. The number of benzene rings is 3. The number of carbonyl (C=O) groups is 2. The van der Waals surface area contributed by atoms with Crippen molar-refractivity contribution in [2.75, 3.05) is 30.8 Å². The van der Waals surface area contributed by atoms with Crippen LogP contribution in [0.2, 0.25) is 0 Å². The molecule has 0 aliphatic heterocycles. The molecule has 0 unspecified atom stereocenters. The highest BCUT2D eigenvalue weighted by Crippen LogP contribution is 2.24. The first-order valence-corrected chi connectivity index (χ1v) is 15.4. The third-order valence-corrected chi connectivity index (χ3v) is 7.77. The minimum Gasteiger partial charge on any atom is -0.497 e. The van der Waals surface area contributed by atoms with Crippen LogP contribution in [0.3, 0.4) is 0 Å². The Hall–Kier alpha value is -3.92. The number of nitrogens with zero attached hydrogens (tertiary/aromatic N) is 2. The molecule has 0 fully saturated rings. The van der Waals surface area contributed by atoms with Crippen LogP contribution >= 0.6 is 0 Å². The van der Waals surface area contributed by atoms with E-state index in [4.69, 9.17) is 4.74 Å². The SMILES string of the molecule is CCCNC(=O)[C@@H](Cc1ccccc1)N(Cc1ccc(F)cc1)C(=O)CCCN(c1cccc(OC)c1)S(C)(=O)=O. The molecule has 10 heteroatoms. The highest BCUT2D eigenvalue weighted by molar-refractivity contribution is 7.92. The van der Waals surface area contributed by atoms with E-state index < -0.39 is 21.9 Å². The van der Waals surface area contributed by atoms with Crippen LogP contribution in [0.4, 0.5) is 10.1 Å². The van der Waals surface area contributed by atoms with Crippen LogP contribution in [0, 0.1) is 5.82 Å². The first-order valence-electron chi connectivity index (χ1n) is 13.6. The zero-order valence-corrected chi connectivity index (χ0v) is 24.6. The number of halogens is 1. The normalized spacial score (nSPS) is 11.9. The van der Waals surface area contributed by atoms with E-state index >= 15 is 0 Å². The largest absolute Gasteiger partial charge is 0.497 e. The minimum absolute atomic E-state index is 0.00350. The third-order valence-electron chi connectivity index (χ3n) is 6.58. The van der Waals surface area contributed by atoms with Crippen molar-refractivity contribution in [1.82, 2.24) is 10.2 Å². The Balaban J connectivity index is 1.86. The van der Waals surface area contributed by atoms with Gasteiger partial charge in [0.05, 0.1) is 19.1 Å². The van der Waals surface area contributed by atoms with Gasteiger partial charge in [-0.3, -0.25) is 13.9 Å². The van der Waals surface area contributed by atoms with Crippen molar-refractivity contribution in [3.8, 4) is 5.75 Å². The smallest absolute Gasteiger partial charge is 0.243 e. The summed E-state index contributed by atoms with van der Waals surface area (Å²) in [6.07, 6.45) is 2.37. The van der Waals surface area contributed by atoms with Crippen molar-refractivity contribution in [3.63, 3.8) is 0 Å². The highest BCUT2D eigenvalue weighted by Gasteiger charge is 2.30. The zero-order valence-electron chi connectivity index (χ0n) is 23.8. The van der Waals surface area contributed by atoms with Crippen LogP contribution in [-0.2, 0) is 32.6 Å². The summed E-state index contributed by atoms with van der Waals surface area (Å²) in [6, 6.07) is 21.2. The second-order valence-corrected chi connectivity index (χ2v) is 11.7. The second-order valence-electron chi connectivity index (χ2n) is 9.78. The Morgan fingerprint density at radius 2 is 1.68 bits per heavy atom. The zero-order chi connectivity index (χ0) is 29.8. The van der Waals surface area contributed by atoms with Crippen molar-refractivity contribution >= 4 is 27.5 Å². The van der Waals surface area contributed by atoms with E-state index in [1.165, 1.54) is 28.4 Å². The number of hydrogen-bond donors (Lipinski definition) is 1. The molecule has 0 aliphatic carbocycles. The van der Waals surface area contributed by atoms with Gasteiger partial charge in [-0.05, 0) is 48.2 Å². The predicted molar refractivity (Wildman–Crippen MR) is 159 cm³/mol. The van der Waals surface area contributed by atoms with Crippen LogP contribution in [0.1, 0.15) is 37.3 Å². The molecule has 0 saturated carbocycles. The van der Waals surface area contributed by atoms with E-state index in [1.54, 1.807) is 36.4 Å². The number of nitrogens with one attached hydrogen (secondary N) is 1. The van der Waals surface area contributed by atoms with Gasteiger partial charge in [-0.1, -0.05) is 55.5 Å². The van der Waals surface area contributed by atoms with E-state index in [0.717, 1.165) is 18.2 Å². The molecule has 0 aromatic heterocycles. The summed E-state index contributed by atoms with van der Waals surface area (Å²) in [6.45, 7) is 2.58. The Kier molecular flexibility index (Phi) is 11.7. The molecule has 1 N–H and O–H groups in total. The molecule has 0 bridgehead atoms. The summed E-state index contributed by atoms with van der Waals surface area (Å²) in [7, 11) is -2.14. The second kappa shape index (κ2) is 15.2. The van der Waals surface area contributed by atoms with Crippen LogP contribution < -0.4 is 14.4 Å². The van der Waals surface area contributed by atoms with Gasteiger partial charge < -0.3 is 15.0 Å². The van der Waals surface area contributed by atoms with Gasteiger partial charge in [0.2, 0.25) is 21.8 Å². The van der Waals surface area contributed by atoms with Gasteiger partial charge in [0.1, 0.15) is 17.6 Å². The third kappa shape index (κ3) is 9.60. The average Bonchev–Trinajstić information content (AvgIpc) is 2.96. The van der Waals surface area contributed by atoms with E-state index in [-0.39, 0.29) is 37.7 Å². The molecule has 1 atom stereocenters. The van der Waals surface area contributed by atoms with E-state index in [0.29, 0.717) is 30.0 Å². The van der Waals surface area contributed by atoms with Crippen LogP contribution in [0.25, 0.3) is 0 Å². The van der Waals surface area contributed by atoms with Crippen LogP contribution in [0.5, 0.6) is 5.75 Å². The average molecular weight is 584 g/mol. The van der Waals surface area contributed by atoms with E-state index in [1.807, 2.05) is 37.3 Å². The molecule has 0 heterocycles. The number of hydrogen-bond acceptors (Lipinski definition) is 5. The first kappa shape index (κ1) is 31.6. The highest BCUT2D eigenvalue weighted by atomic mass is 32.2. The van der Waals surface area contributed by atoms with Gasteiger partial charge >= 0.3 is 0 Å². The van der Waals surface area contributed by atoms with Crippen LogP contribution in [-0.4, -0.2) is 57.6 Å². The number of ether oxygens (including phenoxy) is 1. The minimum atomic E-state index is -3.64. The molecule has 0 aliphatic rings. The molecule has 3 aromatic rings. The molecule has 0 saturated heterocycles. The van der Waals surface area contributed by atoms with Gasteiger partial charge in [0.15, 0.2) is 0 Å². The number of rotatable bonds is 15. The summed E-state index contributed by atoms with van der Waals surface area (Å²) in [5.41, 5.74) is 2.00. The summed E-state index contributed by atoms with van der Waals surface area (Å²) >= 11 is 0. The fourth-order valence-corrected chi connectivity index (χ4v) is 5.43. The molecule has 2 amide bonds. The Morgan fingerprint density at radius 1 is 0.976 bits per heavy atom. The van der Waals surface area contributed by atoms with Crippen molar-refractivity contribution in [1.29, 1.82) is 0 Å². The van der Waals surface area contributed by atoms with E-state index in [2.05, 4.69) is 5.32 Å². The molecule has 3 aromatic carbocycles. The first-order chi connectivity index (χ1) is 19.6. The number of sulfonamides is 1. The maximum Gasteiger partial charge on any atom is 0.243 e. The van der Waals surface area contributed by atoms with Gasteiger partial charge in [0, 0.05) is 38.5 Å². The summed E-state index contributed by atoms with van der Waals surface area (Å²) in [4.78, 5) is 28.7. The fourth-order valence-electron chi connectivity index (χ4n) is 4.48. The van der Waals surface area contributed by atoms with E-state index in [9.17, 15) is 22.4 Å². The standard InChI is InChI=1S/C31H38FN3O5S/c1-4-19-33-31(37)29(21-24-10-6-5-7-11-24)34(23-25-15-17-26(32)18-16-25)30(36)14-9-20-35(41(3,38)39)27-12-8-13-28(22-27)40-2/h5-8,10-13,15-18,22,29H,4,9,14,19-21,23H2,1-3H3,(H,33,37)/t29-/m1/s1. The van der Waals surface area contributed by atoms with Crippen molar-refractivity contribution in [2.24, 2.45) is 0 Å². The number of methoxy groups -OCH3 is 1. The maximum atomic E-state index is 13.8. The van der Waals surface area contributed by atoms with Gasteiger partial charge in [-0.15, -0.1) is 0 Å². The van der Waals surface area contributed by atoms with Crippen molar-refractivity contribution in [3.05, 3.63) is 95.8 Å². The van der Waals surface area contributed by atoms with Crippen molar-refractivity contribution < 1.29 is 27.1 Å². The molecule has 220 valence electrons. The molecular formula is C31H38FN3O5S. The Morgan fingerprint density at radius 3 is 2.32 bits per heavy atom.